The molecule has 0 unspecified atom stereocenters. The summed E-state index contributed by atoms with van der Waals surface area (Å²) in [5, 5.41) is 10.6. The van der Waals surface area contributed by atoms with E-state index in [1.165, 1.54) is 0 Å². The average Bonchev–Trinajstić information content (AvgIpc) is 2.92. The van der Waals surface area contributed by atoms with Gasteiger partial charge in [0.2, 0.25) is 21.9 Å². The van der Waals surface area contributed by atoms with Gasteiger partial charge in [0.1, 0.15) is 4.60 Å². The molecule has 3 heterocycles. The van der Waals surface area contributed by atoms with Gasteiger partial charge in [-0.3, -0.25) is 0 Å². The highest BCUT2D eigenvalue weighted by Gasteiger charge is 2.28. The number of fused-ring (bicyclic) bond motifs is 1. The van der Waals surface area contributed by atoms with E-state index in [9.17, 15) is 8.42 Å². The van der Waals surface area contributed by atoms with Gasteiger partial charge in [0.25, 0.3) is 0 Å². The van der Waals surface area contributed by atoms with Gasteiger partial charge in [-0.25, -0.2) is 13.1 Å². The number of hydrogen-bond donors (Lipinski definition) is 3. The second-order valence-corrected chi connectivity index (χ2v) is 9.70. The fraction of sp³-hybridized carbons (Fsp3) is 0.667. The van der Waals surface area contributed by atoms with Crippen molar-refractivity contribution in [2.45, 2.75) is 19.9 Å². The van der Waals surface area contributed by atoms with E-state index in [4.69, 9.17) is 0 Å². The molecule has 0 bridgehead atoms. The second kappa shape index (κ2) is 8.25. The summed E-state index contributed by atoms with van der Waals surface area (Å²) in [7, 11) is -1.41. The highest BCUT2D eigenvalue weighted by Crippen LogP contribution is 2.21. The lowest BCUT2D eigenvalue weighted by atomic mass is 10.1. The molecule has 2 aromatic heterocycles. The van der Waals surface area contributed by atoms with Gasteiger partial charge in [0, 0.05) is 38.3 Å². The van der Waals surface area contributed by atoms with Crippen molar-refractivity contribution >= 4 is 43.5 Å². The molecule has 12 heteroatoms. The molecule has 0 amide bonds. The van der Waals surface area contributed by atoms with Crippen molar-refractivity contribution in [1.82, 2.24) is 29.6 Å². The molecule has 150 valence electrons. The van der Waals surface area contributed by atoms with Crippen molar-refractivity contribution in [3.05, 3.63) is 10.7 Å². The number of hydrogen-bond acceptors (Lipinski definition) is 8. The lowest BCUT2D eigenvalue weighted by Crippen LogP contribution is -2.57. The number of nitrogens with one attached hydrogen (secondary N) is 3. The largest absolute Gasteiger partial charge is 0.353 e. The fourth-order valence-corrected chi connectivity index (χ4v) is 4.06. The minimum Gasteiger partial charge on any atom is -0.353 e. The van der Waals surface area contributed by atoms with Crippen LogP contribution in [0.25, 0.3) is 5.65 Å². The normalized spacial score (nSPS) is 15.5. The Morgan fingerprint density at radius 2 is 2.07 bits per heavy atom. The standard InChI is InChI=1S/C15H25BrN8O2S/c1-10(2)7-19-27(25,26)5-4-18-14-21-15(23-8-11(9-23)17-3)20-13-6-12(16)22-24(13)14/h6,10-11,17,19H,4-5,7-9H2,1-3H3,(H,18,20,21). The third-order valence-corrected chi connectivity index (χ3v) is 5.96. The first-order valence-corrected chi connectivity index (χ1v) is 11.3. The number of nitrogens with zero attached hydrogens (tertiary/aromatic N) is 5. The number of rotatable bonds is 9. The van der Waals surface area contributed by atoms with Crippen LogP contribution in [0.15, 0.2) is 10.7 Å². The minimum absolute atomic E-state index is 0.0471. The minimum atomic E-state index is -3.34. The summed E-state index contributed by atoms with van der Waals surface area (Å²) in [6.45, 7) is 6.23. The van der Waals surface area contributed by atoms with Crippen LogP contribution < -0.4 is 20.3 Å². The summed E-state index contributed by atoms with van der Waals surface area (Å²) in [6.07, 6.45) is 0. The van der Waals surface area contributed by atoms with Gasteiger partial charge in [-0.2, -0.15) is 19.6 Å². The van der Waals surface area contributed by atoms with Crippen LogP contribution >= 0.6 is 15.9 Å². The average molecular weight is 461 g/mol. The van der Waals surface area contributed by atoms with E-state index in [1.807, 2.05) is 20.9 Å². The van der Waals surface area contributed by atoms with E-state index in [-0.39, 0.29) is 18.2 Å². The molecular weight excluding hydrogens is 436 g/mol. The van der Waals surface area contributed by atoms with E-state index >= 15 is 0 Å². The molecule has 1 saturated heterocycles. The number of aromatic nitrogens is 4. The van der Waals surface area contributed by atoms with Gasteiger partial charge in [0.05, 0.1) is 5.75 Å². The molecule has 2 aromatic rings. The Balaban J connectivity index is 1.71. The molecule has 27 heavy (non-hydrogen) atoms. The molecule has 1 fully saturated rings. The smallest absolute Gasteiger partial charge is 0.230 e. The number of halogens is 1. The van der Waals surface area contributed by atoms with Crippen LogP contribution in [0, 0.1) is 5.92 Å². The molecular formula is C15H25BrN8O2S. The quantitative estimate of drug-likeness (QED) is 0.488. The monoisotopic (exact) mass is 460 g/mol. The molecule has 1 aliphatic heterocycles. The molecule has 0 atom stereocenters. The van der Waals surface area contributed by atoms with Gasteiger partial charge < -0.3 is 15.5 Å². The molecule has 0 aliphatic carbocycles. The van der Waals surface area contributed by atoms with Crippen LogP contribution in [-0.4, -0.2) is 73.0 Å². The maximum atomic E-state index is 12.1. The van der Waals surface area contributed by atoms with Gasteiger partial charge in [-0.1, -0.05) is 13.8 Å². The molecule has 0 aromatic carbocycles. The van der Waals surface area contributed by atoms with Crippen LogP contribution in [0.5, 0.6) is 0 Å². The Bertz CT molecular complexity index is 895. The lowest BCUT2D eigenvalue weighted by Gasteiger charge is -2.39. The maximum Gasteiger partial charge on any atom is 0.230 e. The van der Waals surface area contributed by atoms with Crippen molar-refractivity contribution < 1.29 is 8.42 Å². The van der Waals surface area contributed by atoms with Crippen LogP contribution in [-0.2, 0) is 10.0 Å². The Morgan fingerprint density at radius 1 is 1.33 bits per heavy atom. The molecule has 1 aliphatic rings. The highest BCUT2D eigenvalue weighted by molar-refractivity contribution is 9.10. The van der Waals surface area contributed by atoms with Gasteiger partial charge in [-0.15, -0.1) is 0 Å². The van der Waals surface area contributed by atoms with Crippen molar-refractivity contribution in [2.24, 2.45) is 5.92 Å². The van der Waals surface area contributed by atoms with E-state index in [1.54, 1.807) is 10.6 Å². The van der Waals surface area contributed by atoms with E-state index < -0.39 is 10.0 Å². The van der Waals surface area contributed by atoms with E-state index in [0.717, 1.165) is 13.1 Å². The topological polar surface area (TPSA) is 117 Å². The number of likely N-dealkylation sites (N-methyl/N-ethyl adjacent to an activating group) is 1. The Morgan fingerprint density at radius 3 is 2.74 bits per heavy atom. The zero-order valence-corrected chi connectivity index (χ0v) is 18.0. The first-order chi connectivity index (χ1) is 12.8. The van der Waals surface area contributed by atoms with Gasteiger partial charge in [-0.05, 0) is 28.9 Å². The molecule has 0 radical (unpaired) electrons. The van der Waals surface area contributed by atoms with Crippen LogP contribution in [0.4, 0.5) is 11.9 Å². The maximum absolute atomic E-state index is 12.1. The van der Waals surface area contributed by atoms with Crippen LogP contribution in [0.2, 0.25) is 0 Å². The number of anilines is 2. The third-order valence-electron chi connectivity index (χ3n) is 4.22. The van der Waals surface area contributed by atoms with Crippen molar-refractivity contribution in [1.29, 1.82) is 0 Å². The number of sulfonamides is 1. The van der Waals surface area contributed by atoms with Crippen molar-refractivity contribution in [3.63, 3.8) is 0 Å². The second-order valence-electron chi connectivity index (χ2n) is 6.96. The summed E-state index contributed by atoms with van der Waals surface area (Å²) in [5.41, 5.74) is 0.642. The molecule has 3 N–H and O–H groups in total. The molecule has 0 saturated carbocycles. The molecule has 3 rings (SSSR count). The van der Waals surface area contributed by atoms with E-state index in [2.05, 4.69) is 51.3 Å². The Labute approximate surface area is 167 Å². The van der Waals surface area contributed by atoms with Gasteiger partial charge >= 0.3 is 0 Å². The summed E-state index contributed by atoms with van der Waals surface area (Å²) in [6, 6.07) is 2.22. The zero-order valence-electron chi connectivity index (χ0n) is 15.6. The molecule has 10 nitrogen and oxygen atoms in total. The Kier molecular flexibility index (Phi) is 6.18. The van der Waals surface area contributed by atoms with Crippen LogP contribution in [0.3, 0.4) is 0 Å². The SMILES string of the molecule is CNC1CN(c2nc(NCCS(=O)(=O)NCC(C)C)n3nc(Br)cc3n2)C1. The summed E-state index contributed by atoms with van der Waals surface area (Å²) >= 11 is 3.35. The summed E-state index contributed by atoms with van der Waals surface area (Å²) < 4.78 is 28.9. The predicted molar refractivity (Wildman–Crippen MR) is 109 cm³/mol. The van der Waals surface area contributed by atoms with Crippen molar-refractivity contribution in [3.8, 4) is 0 Å². The third kappa shape index (κ3) is 5.06. The summed E-state index contributed by atoms with van der Waals surface area (Å²) in [4.78, 5) is 11.1. The summed E-state index contributed by atoms with van der Waals surface area (Å²) in [5.74, 6) is 1.28. The van der Waals surface area contributed by atoms with Crippen LogP contribution in [0.1, 0.15) is 13.8 Å². The zero-order chi connectivity index (χ0) is 19.6. The molecule has 0 spiro atoms. The van der Waals surface area contributed by atoms with Crippen molar-refractivity contribution in [2.75, 3.05) is 49.2 Å². The first-order valence-electron chi connectivity index (χ1n) is 8.84. The first kappa shape index (κ1) is 20.2. The van der Waals surface area contributed by atoms with Gasteiger partial charge in [0.15, 0.2) is 5.65 Å². The fourth-order valence-electron chi connectivity index (χ4n) is 2.59. The highest BCUT2D eigenvalue weighted by atomic mass is 79.9. The Hall–Kier alpha value is -1.50. The van der Waals surface area contributed by atoms with E-state index in [0.29, 0.717) is 34.7 Å². The lowest BCUT2D eigenvalue weighted by molar-refractivity contribution is 0.443. The predicted octanol–water partition coefficient (Wildman–Crippen LogP) is 0.282.